The summed E-state index contributed by atoms with van der Waals surface area (Å²) in [6.07, 6.45) is 6.82. The predicted octanol–water partition coefficient (Wildman–Crippen LogP) is 1.83. The molecule has 0 aliphatic carbocycles. The molecule has 1 saturated heterocycles. The molecule has 2 heterocycles. The quantitative estimate of drug-likeness (QED) is 0.879. The number of rotatable bonds is 5. The Morgan fingerprint density at radius 1 is 1.42 bits per heavy atom. The fourth-order valence-corrected chi connectivity index (χ4v) is 2.45. The molecule has 0 amide bonds. The van der Waals surface area contributed by atoms with E-state index in [2.05, 4.69) is 28.7 Å². The molecule has 2 rings (SSSR count). The third-order valence-corrected chi connectivity index (χ3v) is 3.66. The van der Waals surface area contributed by atoms with Gasteiger partial charge >= 0.3 is 0 Å². The second-order valence-electron chi connectivity index (χ2n) is 5.24. The van der Waals surface area contributed by atoms with Crippen molar-refractivity contribution in [1.82, 2.24) is 9.97 Å². The molecule has 5 nitrogen and oxygen atoms in total. The number of nitrogens with two attached hydrogens (primary N) is 1. The molecule has 0 bridgehead atoms. The van der Waals surface area contributed by atoms with Gasteiger partial charge in [-0.05, 0) is 38.6 Å². The Hall–Kier alpha value is -1.36. The Morgan fingerprint density at radius 3 is 3.00 bits per heavy atom. The van der Waals surface area contributed by atoms with Crippen LogP contribution in [0, 0.1) is 5.92 Å². The molecule has 2 unspecified atom stereocenters. The molecule has 1 aliphatic heterocycles. The van der Waals surface area contributed by atoms with Crippen molar-refractivity contribution in [2.75, 3.05) is 24.6 Å². The lowest BCUT2D eigenvalue weighted by Gasteiger charge is -2.38. The van der Waals surface area contributed by atoms with E-state index < -0.39 is 0 Å². The highest BCUT2D eigenvalue weighted by Gasteiger charge is 2.26. The summed E-state index contributed by atoms with van der Waals surface area (Å²) in [5, 5.41) is 0. The predicted molar refractivity (Wildman–Crippen MR) is 76.4 cm³/mol. The number of aromatic nitrogens is 2. The molecule has 1 aromatic heterocycles. The fourth-order valence-electron chi connectivity index (χ4n) is 2.45. The number of hydrogen-bond acceptors (Lipinski definition) is 5. The van der Waals surface area contributed by atoms with Gasteiger partial charge in [0.05, 0.1) is 19.0 Å². The van der Waals surface area contributed by atoms with Crippen molar-refractivity contribution < 1.29 is 4.74 Å². The van der Waals surface area contributed by atoms with E-state index in [1.54, 1.807) is 6.20 Å². The van der Waals surface area contributed by atoms with Gasteiger partial charge in [-0.2, -0.15) is 4.98 Å². The zero-order chi connectivity index (χ0) is 13.7. The molecule has 1 aromatic rings. The zero-order valence-electron chi connectivity index (χ0n) is 11.9. The van der Waals surface area contributed by atoms with E-state index >= 15 is 0 Å². The van der Waals surface area contributed by atoms with E-state index in [9.17, 15) is 0 Å². The van der Waals surface area contributed by atoms with Gasteiger partial charge in [0.15, 0.2) is 5.82 Å². The third kappa shape index (κ3) is 3.56. The first kappa shape index (κ1) is 14.1. The van der Waals surface area contributed by atoms with Crippen molar-refractivity contribution in [3.05, 3.63) is 12.4 Å². The van der Waals surface area contributed by atoms with Crippen LogP contribution < -0.4 is 15.4 Å². The second kappa shape index (κ2) is 6.70. The molecule has 0 radical (unpaired) electrons. The number of anilines is 1. The maximum atomic E-state index is 5.80. The zero-order valence-corrected chi connectivity index (χ0v) is 11.9. The molecular weight excluding hydrogens is 240 g/mol. The van der Waals surface area contributed by atoms with Gasteiger partial charge in [-0.1, -0.05) is 6.92 Å². The van der Waals surface area contributed by atoms with Crippen LogP contribution in [0.25, 0.3) is 0 Å². The SMILES string of the molecule is CCCOc1cncc(N2CC(CN)CCC2C)n1. The monoisotopic (exact) mass is 264 g/mol. The Bertz CT molecular complexity index is 399. The normalized spacial score (nSPS) is 23.4. The Balaban J connectivity index is 2.10. The molecule has 0 saturated carbocycles. The topological polar surface area (TPSA) is 64.3 Å². The summed E-state index contributed by atoms with van der Waals surface area (Å²) in [6, 6.07) is 0.485. The smallest absolute Gasteiger partial charge is 0.234 e. The van der Waals surface area contributed by atoms with Crippen LogP contribution in [0.4, 0.5) is 5.82 Å². The lowest BCUT2D eigenvalue weighted by atomic mass is 9.94. The maximum Gasteiger partial charge on any atom is 0.234 e. The first-order chi connectivity index (χ1) is 9.24. The Labute approximate surface area is 115 Å². The highest BCUT2D eigenvalue weighted by atomic mass is 16.5. The van der Waals surface area contributed by atoms with E-state index in [1.807, 2.05) is 6.20 Å². The fraction of sp³-hybridized carbons (Fsp3) is 0.714. The van der Waals surface area contributed by atoms with E-state index in [0.29, 0.717) is 24.4 Å². The van der Waals surface area contributed by atoms with Gasteiger partial charge in [0.2, 0.25) is 5.88 Å². The van der Waals surface area contributed by atoms with E-state index in [4.69, 9.17) is 10.5 Å². The minimum atomic E-state index is 0.485. The van der Waals surface area contributed by atoms with Gasteiger partial charge in [-0.25, -0.2) is 0 Å². The minimum absolute atomic E-state index is 0.485. The van der Waals surface area contributed by atoms with Crippen LogP contribution in [0.2, 0.25) is 0 Å². The summed E-state index contributed by atoms with van der Waals surface area (Å²) in [5.41, 5.74) is 5.80. The average molecular weight is 264 g/mol. The van der Waals surface area contributed by atoms with Crippen LogP contribution in [0.3, 0.4) is 0 Å². The summed E-state index contributed by atoms with van der Waals surface area (Å²) < 4.78 is 5.55. The molecular formula is C14H24N4O. The lowest BCUT2D eigenvalue weighted by Crippen LogP contribution is -2.44. The highest BCUT2D eigenvalue weighted by Crippen LogP contribution is 2.26. The highest BCUT2D eigenvalue weighted by molar-refractivity contribution is 5.39. The number of hydrogen-bond donors (Lipinski definition) is 1. The van der Waals surface area contributed by atoms with E-state index in [1.165, 1.54) is 6.42 Å². The van der Waals surface area contributed by atoms with Crippen LogP contribution >= 0.6 is 0 Å². The van der Waals surface area contributed by atoms with Crippen molar-refractivity contribution in [2.24, 2.45) is 11.7 Å². The standard InChI is InChI=1S/C14H24N4O/c1-3-6-19-14-9-16-8-13(17-14)18-10-12(7-15)5-4-11(18)2/h8-9,11-12H,3-7,10,15H2,1-2H3. The first-order valence-corrected chi connectivity index (χ1v) is 7.16. The van der Waals surface area contributed by atoms with Gasteiger partial charge < -0.3 is 15.4 Å². The number of piperidine rings is 1. The molecule has 1 fully saturated rings. The molecule has 1 aliphatic rings. The Morgan fingerprint density at radius 2 is 2.26 bits per heavy atom. The van der Waals surface area contributed by atoms with E-state index in [0.717, 1.165) is 31.7 Å². The van der Waals surface area contributed by atoms with Crippen molar-refractivity contribution in [1.29, 1.82) is 0 Å². The van der Waals surface area contributed by atoms with Gasteiger partial charge in [0.1, 0.15) is 0 Å². The van der Waals surface area contributed by atoms with Crippen molar-refractivity contribution in [3.8, 4) is 5.88 Å². The number of nitrogens with zero attached hydrogens (tertiary/aromatic N) is 3. The molecule has 0 aromatic carbocycles. The molecule has 0 spiro atoms. The van der Waals surface area contributed by atoms with Gasteiger partial charge in [-0.3, -0.25) is 4.98 Å². The molecule has 19 heavy (non-hydrogen) atoms. The van der Waals surface area contributed by atoms with Gasteiger partial charge in [0, 0.05) is 12.6 Å². The van der Waals surface area contributed by atoms with Crippen LogP contribution in [-0.4, -0.2) is 35.7 Å². The van der Waals surface area contributed by atoms with E-state index in [-0.39, 0.29) is 0 Å². The van der Waals surface area contributed by atoms with Crippen LogP contribution in [0.1, 0.15) is 33.1 Å². The summed E-state index contributed by atoms with van der Waals surface area (Å²) in [5.74, 6) is 2.07. The average Bonchev–Trinajstić information content (AvgIpc) is 2.46. The summed E-state index contributed by atoms with van der Waals surface area (Å²) >= 11 is 0. The summed E-state index contributed by atoms with van der Waals surface area (Å²) in [6.45, 7) is 6.69. The van der Waals surface area contributed by atoms with Crippen LogP contribution in [0.5, 0.6) is 5.88 Å². The minimum Gasteiger partial charge on any atom is -0.477 e. The van der Waals surface area contributed by atoms with Gasteiger partial charge in [0.25, 0.3) is 0 Å². The van der Waals surface area contributed by atoms with Crippen molar-refractivity contribution in [2.45, 2.75) is 39.2 Å². The molecule has 5 heteroatoms. The summed E-state index contributed by atoms with van der Waals surface area (Å²) in [4.78, 5) is 11.1. The Kier molecular flexibility index (Phi) is 4.96. The molecule has 2 atom stereocenters. The van der Waals surface area contributed by atoms with Crippen molar-refractivity contribution in [3.63, 3.8) is 0 Å². The van der Waals surface area contributed by atoms with Crippen LogP contribution in [-0.2, 0) is 0 Å². The summed E-state index contributed by atoms with van der Waals surface area (Å²) in [7, 11) is 0. The first-order valence-electron chi connectivity index (χ1n) is 7.16. The van der Waals surface area contributed by atoms with Gasteiger partial charge in [-0.15, -0.1) is 0 Å². The molecule has 2 N–H and O–H groups in total. The second-order valence-corrected chi connectivity index (χ2v) is 5.24. The van der Waals surface area contributed by atoms with Crippen molar-refractivity contribution >= 4 is 5.82 Å². The van der Waals surface area contributed by atoms with Crippen LogP contribution in [0.15, 0.2) is 12.4 Å². The number of ether oxygens (including phenoxy) is 1. The maximum absolute atomic E-state index is 5.80. The third-order valence-electron chi connectivity index (χ3n) is 3.66. The molecule has 106 valence electrons. The largest absolute Gasteiger partial charge is 0.477 e. The lowest BCUT2D eigenvalue weighted by molar-refractivity contribution is 0.302.